The summed E-state index contributed by atoms with van der Waals surface area (Å²) in [5, 5.41) is 18.3. The Morgan fingerprint density at radius 1 is 1.32 bits per heavy atom. The van der Waals surface area contributed by atoms with Gasteiger partial charge < -0.3 is 20.6 Å². The highest BCUT2D eigenvalue weighted by molar-refractivity contribution is 7.93. The zero-order chi connectivity index (χ0) is 21.0. The van der Waals surface area contributed by atoms with Crippen molar-refractivity contribution >= 4 is 27.1 Å². The van der Waals surface area contributed by atoms with Crippen LogP contribution in [0.5, 0.6) is 0 Å². The van der Waals surface area contributed by atoms with Crippen molar-refractivity contribution in [2.75, 3.05) is 38.5 Å². The zero-order valence-electron chi connectivity index (χ0n) is 17.5. The van der Waals surface area contributed by atoms with E-state index in [1.807, 2.05) is 6.92 Å². The van der Waals surface area contributed by atoms with E-state index in [1.54, 1.807) is 17.5 Å². The minimum atomic E-state index is -3.47. The van der Waals surface area contributed by atoms with E-state index >= 15 is 0 Å². The summed E-state index contributed by atoms with van der Waals surface area (Å²) in [6.07, 6.45) is 1.06. The summed E-state index contributed by atoms with van der Waals surface area (Å²) in [5.74, 6) is 0.279. The van der Waals surface area contributed by atoms with Crippen molar-refractivity contribution < 1.29 is 13.5 Å². The molecule has 0 aromatic carbocycles. The van der Waals surface area contributed by atoms with Crippen LogP contribution in [0.3, 0.4) is 0 Å². The van der Waals surface area contributed by atoms with Gasteiger partial charge in [0.15, 0.2) is 15.8 Å². The molecule has 2 unspecified atom stereocenters. The van der Waals surface area contributed by atoms with Crippen LogP contribution in [0.15, 0.2) is 26.7 Å². The molecule has 0 aliphatic heterocycles. The van der Waals surface area contributed by atoms with Crippen molar-refractivity contribution in [3.63, 3.8) is 0 Å². The van der Waals surface area contributed by atoms with Gasteiger partial charge in [0.25, 0.3) is 0 Å². The molecular weight excluding hydrogens is 396 g/mol. The smallest absolute Gasteiger partial charge is 0.191 e. The number of aliphatic hydroxyl groups excluding tert-OH is 1. The molecule has 3 N–H and O–H groups in total. The minimum absolute atomic E-state index is 0.0338. The van der Waals surface area contributed by atoms with Crippen LogP contribution >= 0.6 is 11.3 Å². The van der Waals surface area contributed by atoms with Gasteiger partial charge in [-0.15, -0.1) is 11.3 Å². The number of rotatable bonds is 13. The summed E-state index contributed by atoms with van der Waals surface area (Å²) in [4.78, 5) is 6.77. The number of hydrogen-bond acceptors (Lipinski definition) is 6. The second kappa shape index (κ2) is 13.1. The highest BCUT2D eigenvalue weighted by Gasteiger charge is 2.20. The molecule has 0 aliphatic rings. The van der Waals surface area contributed by atoms with Gasteiger partial charge in [0.05, 0.1) is 18.4 Å². The second-order valence-electron chi connectivity index (χ2n) is 6.80. The molecule has 0 bridgehead atoms. The number of nitrogens with one attached hydrogen (secondary N) is 2. The Kier molecular flexibility index (Phi) is 11.7. The van der Waals surface area contributed by atoms with Crippen LogP contribution in [0, 0.1) is 0 Å². The van der Waals surface area contributed by atoms with Gasteiger partial charge in [-0.1, -0.05) is 19.9 Å². The van der Waals surface area contributed by atoms with Gasteiger partial charge in [0.1, 0.15) is 4.21 Å². The molecule has 9 heteroatoms. The van der Waals surface area contributed by atoms with E-state index in [0.29, 0.717) is 12.5 Å². The van der Waals surface area contributed by atoms with Crippen LogP contribution in [-0.2, 0) is 9.84 Å². The molecule has 1 heterocycles. The van der Waals surface area contributed by atoms with Gasteiger partial charge in [0.2, 0.25) is 0 Å². The first-order valence-corrected chi connectivity index (χ1v) is 12.6. The number of nitrogens with zero attached hydrogens (tertiary/aromatic N) is 2. The Balaban J connectivity index is 2.51. The fourth-order valence-electron chi connectivity index (χ4n) is 2.81. The van der Waals surface area contributed by atoms with E-state index < -0.39 is 15.9 Å². The first-order chi connectivity index (χ1) is 13.3. The Labute approximate surface area is 174 Å². The van der Waals surface area contributed by atoms with E-state index in [-0.39, 0.29) is 22.5 Å². The Bertz CT molecular complexity index is 659. The average Bonchev–Trinajstić information content (AvgIpc) is 3.19. The van der Waals surface area contributed by atoms with Gasteiger partial charge in [-0.25, -0.2) is 8.42 Å². The number of guanidine groups is 1. The summed E-state index contributed by atoms with van der Waals surface area (Å²) in [5.41, 5.74) is 0. The number of aliphatic hydroxyl groups is 1. The lowest BCUT2D eigenvalue weighted by Gasteiger charge is -2.21. The zero-order valence-corrected chi connectivity index (χ0v) is 19.2. The standard InChI is InChI=1S/C19H36N4O3S2/c1-5-20-19(22-16(4)10-8-12-23(6-2)7-3)21-14-17(24)15-28(25,26)18-11-9-13-27-18/h9,11,13,16-17,24H,5-8,10,12,14-15H2,1-4H3,(H2,20,21,22). The van der Waals surface area contributed by atoms with Crippen molar-refractivity contribution in [2.45, 2.75) is 56.9 Å². The molecule has 2 atom stereocenters. The fourth-order valence-corrected chi connectivity index (χ4v) is 5.28. The summed E-state index contributed by atoms with van der Waals surface area (Å²) < 4.78 is 24.8. The number of hydrogen-bond donors (Lipinski definition) is 3. The van der Waals surface area contributed by atoms with Crippen LogP contribution in [0.1, 0.15) is 40.5 Å². The molecule has 1 aromatic heterocycles. The first kappa shape index (κ1) is 24.9. The summed E-state index contributed by atoms with van der Waals surface area (Å²) in [7, 11) is -3.47. The Hall–Kier alpha value is -1.16. The average molecular weight is 433 g/mol. The minimum Gasteiger partial charge on any atom is -0.390 e. The lowest BCUT2D eigenvalue weighted by molar-refractivity contribution is 0.206. The van der Waals surface area contributed by atoms with Gasteiger partial charge in [-0.2, -0.15) is 0 Å². The molecule has 1 aromatic rings. The predicted octanol–water partition coefficient (Wildman–Crippen LogP) is 1.95. The molecular formula is C19H36N4O3S2. The van der Waals surface area contributed by atoms with Crippen molar-refractivity contribution in [3.8, 4) is 0 Å². The van der Waals surface area contributed by atoms with E-state index in [9.17, 15) is 13.5 Å². The van der Waals surface area contributed by atoms with Crippen molar-refractivity contribution in [1.82, 2.24) is 15.5 Å². The van der Waals surface area contributed by atoms with Crippen molar-refractivity contribution in [3.05, 3.63) is 17.5 Å². The normalized spacial score (nSPS) is 14.9. The Morgan fingerprint density at radius 2 is 2.04 bits per heavy atom. The third-order valence-electron chi connectivity index (χ3n) is 4.41. The third kappa shape index (κ3) is 9.36. The number of sulfone groups is 1. The second-order valence-corrected chi connectivity index (χ2v) is 10.0. The molecule has 0 fully saturated rings. The van der Waals surface area contributed by atoms with Gasteiger partial charge >= 0.3 is 0 Å². The molecule has 0 spiro atoms. The van der Waals surface area contributed by atoms with Crippen LogP contribution in [0.2, 0.25) is 0 Å². The quantitative estimate of drug-likeness (QED) is 0.326. The van der Waals surface area contributed by atoms with E-state index in [2.05, 4.69) is 41.3 Å². The van der Waals surface area contributed by atoms with Gasteiger partial charge in [-0.3, -0.25) is 4.99 Å². The lowest BCUT2D eigenvalue weighted by Crippen LogP contribution is -2.43. The van der Waals surface area contributed by atoms with Crippen LogP contribution < -0.4 is 10.6 Å². The highest BCUT2D eigenvalue weighted by atomic mass is 32.2. The molecule has 0 amide bonds. The monoisotopic (exact) mass is 432 g/mol. The SMILES string of the molecule is CCNC(=NCC(O)CS(=O)(=O)c1cccs1)NC(C)CCCN(CC)CC. The molecule has 0 aliphatic carbocycles. The maximum atomic E-state index is 12.2. The number of aliphatic imine (C=N–C) groups is 1. The van der Waals surface area contributed by atoms with Crippen molar-refractivity contribution in [1.29, 1.82) is 0 Å². The van der Waals surface area contributed by atoms with Crippen LogP contribution in [-0.4, -0.2) is 75.0 Å². The molecule has 28 heavy (non-hydrogen) atoms. The molecule has 0 saturated carbocycles. The number of thiophene rings is 1. The Morgan fingerprint density at radius 3 is 2.61 bits per heavy atom. The maximum absolute atomic E-state index is 12.2. The highest BCUT2D eigenvalue weighted by Crippen LogP contribution is 2.18. The molecule has 7 nitrogen and oxygen atoms in total. The molecule has 162 valence electrons. The topological polar surface area (TPSA) is 94.0 Å². The first-order valence-electron chi connectivity index (χ1n) is 10.0. The molecule has 1 rings (SSSR count). The largest absolute Gasteiger partial charge is 0.390 e. The lowest BCUT2D eigenvalue weighted by atomic mass is 10.2. The van der Waals surface area contributed by atoms with E-state index in [1.165, 1.54) is 0 Å². The maximum Gasteiger partial charge on any atom is 0.191 e. The predicted molar refractivity (Wildman–Crippen MR) is 118 cm³/mol. The van der Waals surface area contributed by atoms with E-state index in [4.69, 9.17) is 0 Å². The summed E-state index contributed by atoms with van der Waals surface area (Å²) in [6.45, 7) is 12.4. The summed E-state index contributed by atoms with van der Waals surface area (Å²) >= 11 is 1.16. The fraction of sp³-hybridized carbons (Fsp3) is 0.737. The molecule has 0 radical (unpaired) electrons. The van der Waals surface area contributed by atoms with Gasteiger partial charge in [0, 0.05) is 12.6 Å². The van der Waals surface area contributed by atoms with Crippen LogP contribution in [0.25, 0.3) is 0 Å². The van der Waals surface area contributed by atoms with Gasteiger partial charge in [-0.05, 0) is 57.8 Å². The van der Waals surface area contributed by atoms with E-state index in [0.717, 1.165) is 43.8 Å². The van der Waals surface area contributed by atoms with Crippen LogP contribution in [0.4, 0.5) is 0 Å². The molecule has 0 saturated heterocycles. The summed E-state index contributed by atoms with van der Waals surface area (Å²) in [6, 6.07) is 3.48. The van der Waals surface area contributed by atoms with Crippen molar-refractivity contribution in [2.24, 2.45) is 4.99 Å². The third-order valence-corrected chi connectivity index (χ3v) is 7.69.